The summed E-state index contributed by atoms with van der Waals surface area (Å²) in [5.74, 6) is 1.26. The van der Waals surface area contributed by atoms with Crippen LogP contribution in [-0.4, -0.2) is 19.7 Å². The number of aromatic nitrogens is 4. The van der Waals surface area contributed by atoms with Crippen molar-refractivity contribution in [1.29, 1.82) is 0 Å². The molecule has 0 saturated heterocycles. The maximum absolute atomic E-state index is 6.22. The van der Waals surface area contributed by atoms with E-state index >= 15 is 0 Å². The van der Waals surface area contributed by atoms with Crippen molar-refractivity contribution in [2.24, 2.45) is 0 Å². The largest absolute Gasteiger partial charge is 0.272 e. The molecule has 0 atom stereocenters. The molecule has 2 heterocycles. The quantitative estimate of drug-likeness (QED) is 0.590. The van der Waals surface area contributed by atoms with Crippen molar-refractivity contribution in [3.8, 4) is 11.4 Å². The lowest BCUT2D eigenvalue weighted by Crippen LogP contribution is -1.99. The highest BCUT2D eigenvalue weighted by Crippen LogP contribution is 2.42. The molecule has 6 heteroatoms. The van der Waals surface area contributed by atoms with Gasteiger partial charge in [0.05, 0.1) is 21.0 Å². The summed E-state index contributed by atoms with van der Waals surface area (Å²) in [7, 11) is 0. The lowest BCUT2D eigenvalue weighted by Gasteiger charge is -2.06. The summed E-state index contributed by atoms with van der Waals surface area (Å²) in [6.07, 6.45) is 7.27. The topological polar surface area (TPSA) is 43.6 Å². The Labute approximate surface area is 130 Å². The van der Waals surface area contributed by atoms with Gasteiger partial charge in [0, 0.05) is 18.7 Å². The van der Waals surface area contributed by atoms with Crippen LogP contribution >= 0.6 is 34.2 Å². The third-order valence-corrected chi connectivity index (χ3v) is 4.80. The van der Waals surface area contributed by atoms with Crippen LogP contribution in [0, 0.1) is 3.57 Å². The molecule has 3 rings (SSSR count). The van der Waals surface area contributed by atoms with Crippen LogP contribution in [0.1, 0.15) is 37.8 Å². The average Bonchev–Trinajstić information content (AvgIpc) is 3.13. The van der Waals surface area contributed by atoms with Crippen LogP contribution in [0.5, 0.6) is 0 Å². The van der Waals surface area contributed by atoms with E-state index in [0.29, 0.717) is 16.9 Å². The van der Waals surface area contributed by atoms with E-state index < -0.39 is 0 Å². The van der Waals surface area contributed by atoms with E-state index in [1.54, 1.807) is 0 Å². The fraction of sp³-hybridized carbons (Fsp3) is 0.462. The lowest BCUT2D eigenvalue weighted by atomic mass is 10.2. The molecule has 0 aliphatic heterocycles. The minimum absolute atomic E-state index is 0.552. The Morgan fingerprint density at radius 3 is 2.89 bits per heavy atom. The Hall–Kier alpha value is -0.690. The zero-order valence-corrected chi connectivity index (χ0v) is 13.5. The third-order valence-electron chi connectivity index (χ3n) is 3.14. The van der Waals surface area contributed by atoms with E-state index in [1.807, 2.05) is 17.1 Å². The highest BCUT2D eigenvalue weighted by molar-refractivity contribution is 14.1. The minimum Gasteiger partial charge on any atom is -0.272 e. The van der Waals surface area contributed by atoms with Crippen LogP contribution in [0.4, 0.5) is 0 Å². The fourth-order valence-corrected chi connectivity index (χ4v) is 2.88. The zero-order valence-electron chi connectivity index (χ0n) is 10.6. The average molecular weight is 389 g/mol. The predicted octanol–water partition coefficient (Wildman–Crippen LogP) is 3.89. The van der Waals surface area contributed by atoms with Crippen LogP contribution in [0.3, 0.4) is 0 Å². The number of rotatable bonds is 4. The molecule has 0 bridgehead atoms. The molecule has 0 N–H and O–H groups in total. The van der Waals surface area contributed by atoms with E-state index in [2.05, 4.69) is 44.6 Å². The second-order valence-electron chi connectivity index (χ2n) is 4.80. The van der Waals surface area contributed by atoms with Gasteiger partial charge in [-0.15, -0.1) is 0 Å². The summed E-state index contributed by atoms with van der Waals surface area (Å²) in [5.41, 5.74) is 2.03. The van der Waals surface area contributed by atoms with Crippen molar-refractivity contribution < 1.29 is 0 Å². The van der Waals surface area contributed by atoms with Gasteiger partial charge in [0.1, 0.15) is 5.15 Å². The molecule has 2 aromatic rings. The maximum Gasteiger partial charge on any atom is 0.164 e. The van der Waals surface area contributed by atoms with E-state index in [9.17, 15) is 0 Å². The van der Waals surface area contributed by atoms with Gasteiger partial charge < -0.3 is 0 Å². The molecule has 100 valence electrons. The van der Waals surface area contributed by atoms with Crippen LogP contribution < -0.4 is 0 Å². The Bertz CT molecular complexity index is 607. The predicted molar refractivity (Wildman–Crippen MR) is 83.2 cm³/mol. The number of nitrogens with zero attached hydrogens (tertiary/aromatic N) is 4. The Kier molecular flexibility index (Phi) is 3.75. The molecule has 1 aliphatic rings. The van der Waals surface area contributed by atoms with Gasteiger partial charge in [-0.3, -0.25) is 4.68 Å². The molecular formula is C13H14ClIN4. The fourth-order valence-electron chi connectivity index (χ4n) is 2.02. The molecule has 4 nitrogen and oxygen atoms in total. The van der Waals surface area contributed by atoms with Crippen LogP contribution in [0.15, 0.2) is 12.4 Å². The van der Waals surface area contributed by atoms with Crippen LogP contribution in [0.2, 0.25) is 5.15 Å². The molecular weight excluding hydrogens is 375 g/mol. The maximum atomic E-state index is 6.22. The number of halogens is 2. The molecule has 0 radical (unpaired) electrons. The lowest BCUT2D eigenvalue weighted by molar-refractivity contribution is 0.603. The summed E-state index contributed by atoms with van der Waals surface area (Å²) in [5, 5.41) is 4.87. The van der Waals surface area contributed by atoms with Gasteiger partial charge in [-0.1, -0.05) is 18.5 Å². The second-order valence-corrected chi connectivity index (χ2v) is 6.24. The van der Waals surface area contributed by atoms with Crippen LogP contribution in [-0.2, 0) is 6.54 Å². The van der Waals surface area contributed by atoms with E-state index in [1.165, 1.54) is 12.8 Å². The first-order chi connectivity index (χ1) is 9.19. The normalized spacial score (nSPS) is 14.9. The number of hydrogen-bond acceptors (Lipinski definition) is 3. The Balaban J connectivity index is 1.99. The summed E-state index contributed by atoms with van der Waals surface area (Å²) in [6, 6.07) is 0. The second kappa shape index (κ2) is 5.36. The highest BCUT2D eigenvalue weighted by Gasteiger charge is 2.29. The summed E-state index contributed by atoms with van der Waals surface area (Å²) in [4.78, 5) is 9.06. The minimum atomic E-state index is 0.552. The monoisotopic (exact) mass is 388 g/mol. The van der Waals surface area contributed by atoms with Gasteiger partial charge in [0.2, 0.25) is 0 Å². The molecule has 1 aliphatic carbocycles. The van der Waals surface area contributed by atoms with Gasteiger partial charge in [-0.2, -0.15) is 5.10 Å². The standard InChI is InChI=1S/C13H14ClIN4/c1-2-5-19-7-9(6-16-19)13-17-11(8-3-4-8)10(15)12(14)18-13/h6-8H,2-5H2,1H3. The van der Waals surface area contributed by atoms with E-state index in [-0.39, 0.29) is 0 Å². The summed E-state index contributed by atoms with van der Waals surface area (Å²) >= 11 is 8.46. The van der Waals surface area contributed by atoms with Crippen molar-refractivity contribution in [1.82, 2.24) is 19.7 Å². The first-order valence-electron chi connectivity index (χ1n) is 6.44. The Morgan fingerprint density at radius 2 is 2.21 bits per heavy atom. The van der Waals surface area contributed by atoms with Crippen molar-refractivity contribution in [2.45, 2.75) is 38.6 Å². The molecule has 0 unspecified atom stereocenters. The summed E-state index contributed by atoms with van der Waals surface area (Å²) < 4.78 is 2.91. The third kappa shape index (κ3) is 2.76. The van der Waals surface area contributed by atoms with Crippen molar-refractivity contribution >= 4 is 34.2 Å². The van der Waals surface area contributed by atoms with Gasteiger partial charge in [0.15, 0.2) is 5.82 Å². The summed E-state index contributed by atoms with van der Waals surface area (Å²) in [6.45, 7) is 3.04. The van der Waals surface area contributed by atoms with E-state index in [0.717, 1.165) is 27.8 Å². The molecule has 2 aromatic heterocycles. The van der Waals surface area contributed by atoms with Crippen molar-refractivity contribution in [3.63, 3.8) is 0 Å². The molecule has 19 heavy (non-hydrogen) atoms. The van der Waals surface area contributed by atoms with Gasteiger partial charge in [-0.25, -0.2) is 9.97 Å². The molecule has 0 aromatic carbocycles. The smallest absolute Gasteiger partial charge is 0.164 e. The number of hydrogen-bond donors (Lipinski definition) is 0. The molecule has 1 fully saturated rings. The first-order valence-corrected chi connectivity index (χ1v) is 7.90. The van der Waals surface area contributed by atoms with E-state index in [4.69, 9.17) is 11.6 Å². The SMILES string of the molecule is CCCn1cc(-c2nc(Cl)c(I)c(C3CC3)n2)cn1. The molecule has 0 amide bonds. The van der Waals surface area contributed by atoms with Gasteiger partial charge in [0.25, 0.3) is 0 Å². The molecule has 0 spiro atoms. The van der Waals surface area contributed by atoms with Crippen molar-refractivity contribution in [3.05, 3.63) is 26.8 Å². The molecule has 1 saturated carbocycles. The first kappa shape index (κ1) is 13.3. The highest BCUT2D eigenvalue weighted by atomic mass is 127. The Morgan fingerprint density at radius 1 is 1.42 bits per heavy atom. The van der Waals surface area contributed by atoms with Crippen molar-refractivity contribution in [2.75, 3.05) is 0 Å². The zero-order chi connectivity index (χ0) is 13.4. The van der Waals surface area contributed by atoms with Gasteiger partial charge >= 0.3 is 0 Å². The van der Waals surface area contributed by atoms with Crippen LogP contribution in [0.25, 0.3) is 11.4 Å². The number of aryl methyl sites for hydroxylation is 1. The van der Waals surface area contributed by atoms with Gasteiger partial charge in [-0.05, 0) is 41.9 Å².